The third kappa shape index (κ3) is 5.19. The number of nitrogens with zero attached hydrogens (tertiary/aromatic N) is 2. The molecule has 0 heterocycles. The molecule has 33 heavy (non-hydrogen) atoms. The summed E-state index contributed by atoms with van der Waals surface area (Å²) in [4.78, 5) is 9.97. The fraction of sp³-hybridized carbons (Fsp3) is 0.130. The molecule has 3 aromatic carbocycles. The van der Waals surface area contributed by atoms with Crippen molar-refractivity contribution in [3.63, 3.8) is 0 Å². The summed E-state index contributed by atoms with van der Waals surface area (Å²) in [6.45, 7) is 6.85. The van der Waals surface area contributed by atoms with Gasteiger partial charge in [-0.3, -0.25) is 10.1 Å². The van der Waals surface area contributed by atoms with Crippen molar-refractivity contribution in [2.45, 2.75) is 23.6 Å². The van der Waals surface area contributed by atoms with Gasteiger partial charge in [-0.05, 0) is 61.4 Å². The van der Waals surface area contributed by atoms with Crippen LogP contribution in [0.25, 0.3) is 5.57 Å². The lowest BCUT2D eigenvalue weighted by Crippen LogP contribution is -2.38. The van der Waals surface area contributed by atoms with E-state index in [0.29, 0.717) is 9.27 Å². The number of hydrogen-bond acceptors (Lipinski definition) is 6. The second-order valence-electron chi connectivity index (χ2n) is 7.47. The molecular weight excluding hydrogens is 464 g/mol. The molecule has 0 saturated heterocycles. The Kier molecular flexibility index (Phi) is 6.82. The first-order chi connectivity index (χ1) is 15.4. The van der Waals surface area contributed by atoms with Gasteiger partial charge in [-0.2, -0.15) is 0 Å². The van der Waals surface area contributed by atoms with Crippen LogP contribution in [0.5, 0.6) is 0 Å². The third-order valence-electron chi connectivity index (χ3n) is 4.98. The molecule has 0 aliphatic heterocycles. The summed E-state index contributed by atoms with van der Waals surface area (Å²) >= 11 is 0. The van der Waals surface area contributed by atoms with Crippen LogP contribution in [0.15, 0.2) is 89.2 Å². The standard InChI is InChI=1S/C23H22N2O6S2/c1-17-4-12-22(13-5-17)32(28,29)24(33(30,31)23-14-6-18(2)7-15-23)16-19(3)20-8-10-21(11-9-20)25(26)27/h4-15H,3,16H2,1-2H3. The molecule has 3 rings (SSSR count). The first-order valence-corrected chi connectivity index (χ1v) is 12.6. The second-order valence-corrected chi connectivity index (χ2v) is 11.4. The Morgan fingerprint density at radius 3 is 1.55 bits per heavy atom. The minimum atomic E-state index is -4.48. The zero-order valence-corrected chi connectivity index (χ0v) is 19.6. The minimum absolute atomic E-state index is 0.150. The number of hydrogen-bond donors (Lipinski definition) is 0. The molecular formula is C23H22N2O6S2. The van der Waals surface area contributed by atoms with Crippen molar-refractivity contribution in [3.05, 3.63) is 106 Å². The van der Waals surface area contributed by atoms with Crippen molar-refractivity contribution < 1.29 is 21.8 Å². The van der Waals surface area contributed by atoms with Gasteiger partial charge in [-0.1, -0.05) is 45.7 Å². The fourth-order valence-corrected chi connectivity index (χ4v) is 6.65. The molecule has 0 atom stereocenters. The number of rotatable bonds is 8. The van der Waals surface area contributed by atoms with Gasteiger partial charge in [0.2, 0.25) is 0 Å². The molecule has 10 heteroatoms. The number of benzene rings is 3. The first kappa shape index (κ1) is 24.3. The van der Waals surface area contributed by atoms with Crippen molar-refractivity contribution >= 4 is 31.3 Å². The van der Waals surface area contributed by atoms with Gasteiger partial charge >= 0.3 is 0 Å². The molecule has 0 aliphatic carbocycles. The monoisotopic (exact) mass is 486 g/mol. The van der Waals surface area contributed by atoms with Crippen LogP contribution in [0.3, 0.4) is 0 Å². The number of sulfonamides is 2. The average molecular weight is 487 g/mol. The van der Waals surface area contributed by atoms with E-state index in [1.807, 2.05) is 0 Å². The maximum atomic E-state index is 13.5. The molecule has 172 valence electrons. The van der Waals surface area contributed by atoms with Crippen molar-refractivity contribution in [1.29, 1.82) is 0 Å². The normalized spacial score (nSPS) is 12.0. The summed E-state index contributed by atoms with van der Waals surface area (Å²) < 4.78 is 54.2. The Morgan fingerprint density at radius 1 is 0.788 bits per heavy atom. The van der Waals surface area contributed by atoms with E-state index >= 15 is 0 Å². The van der Waals surface area contributed by atoms with E-state index in [-0.39, 0.29) is 21.1 Å². The van der Waals surface area contributed by atoms with Crippen LogP contribution in [-0.2, 0) is 20.0 Å². The second kappa shape index (κ2) is 9.26. The number of aryl methyl sites for hydroxylation is 2. The molecule has 0 aliphatic rings. The van der Waals surface area contributed by atoms with E-state index in [0.717, 1.165) is 11.1 Å². The topological polar surface area (TPSA) is 115 Å². The van der Waals surface area contributed by atoms with Gasteiger partial charge in [-0.15, -0.1) is 0 Å². The molecule has 0 amide bonds. The Hall–Kier alpha value is -3.34. The van der Waals surface area contributed by atoms with Crippen LogP contribution in [0, 0.1) is 24.0 Å². The summed E-state index contributed by atoms with van der Waals surface area (Å²) in [6, 6.07) is 17.0. The van der Waals surface area contributed by atoms with E-state index in [1.165, 1.54) is 48.5 Å². The Labute approximate surface area is 193 Å². The fourth-order valence-electron chi connectivity index (χ4n) is 3.02. The first-order valence-electron chi connectivity index (χ1n) is 9.77. The number of nitro benzene ring substituents is 1. The van der Waals surface area contributed by atoms with Crippen LogP contribution in [0.4, 0.5) is 5.69 Å². The van der Waals surface area contributed by atoms with Gasteiger partial charge in [0.15, 0.2) is 0 Å². The highest BCUT2D eigenvalue weighted by molar-refractivity contribution is 8.04. The predicted octanol–water partition coefficient (Wildman–Crippen LogP) is 4.30. The van der Waals surface area contributed by atoms with Crippen molar-refractivity contribution in [2.75, 3.05) is 6.54 Å². The SMILES string of the molecule is C=C(CN(S(=O)(=O)c1ccc(C)cc1)S(=O)(=O)c1ccc(C)cc1)c1ccc([N+](=O)[O-])cc1. The minimum Gasteiger partial charge on any atom is -0.258 e. The highest BCUT2D eigenvalue weighted by atomic mass is 32.3. The van der Waals surface area contributed by atoms with Gasteiger partial charge in [0.25, 0.3) is 25.7 Å². The maximum Gasteiger partial charge on any atom is 0.269 e. The van der Waals surface area contributed by atoms with Crippen LogP contribution in [-0.4, -0.2) is 32.0 Å². The van der Waals surface area contributed by atoms with E-state index in [4.69, 9.17) is 0 Å². The number of nitro groups is 1. The Bertz CT molecular complexity index is 1320. The van der Waals surface area contributed by atoms with Crippen molar-refractivity contribution in [2.24, 2.45) is 0 Å². The Balaban J connectivity index is 2.08. The van der Waals surface area contributed by atoms with E-state index in [2.05, 4.69) is 6.58 Å². The largest absolute Gasteiger partial charge is 0.269 e. The predicted molar refractivity (Wildman–Crippen MR) is 126 cm³/mol. The summed E-state index contributed by atoms with van der Waals surface area (Å²) in [5.74, 6) is 0. The maximum absolute atomic E-state index is 13.5. The lowest BCUT2D eigenvalue weighted by molar-refractivity contribution is -0.384. The lowest BCUT2D eigenvalue weighted by Gasteiger charge is -2.23. The van der Waals surface area contributed by atoms with Crippen LogP contribution < -0.4 is 0 Å². The quantitative estimate of drug-likeness (QED) is 0.346. The zero-order chi connectivity index (χ0) is 24.4. The smallest absolute Gasteiger partial charge is 0.258 e. The summed E-state index contributed by atoms with van der Waals surface area (Å²) in [6.07, 6.45) is 0. The van der Waals surface area contributed by atoms with Gasteiger partial charge < -0.3 is 0 Å². The van der Waals surface area contributed by atoms with E-state index in [1.54, 1.807) is 38.1 Å². The van der Waals surface area contributed by atoms with Crippen LogP contribution in [0.2, 0.25) is 0 Å². The van der Waals surface area contributed by atoms with Crippen molar-refractivity contribution in [3.8, 4) is 0 Å². The highest BCUT2D eigenvalue weighted by Crippen LogP contribution is 2.28. The molecule has 0 fully saturated rings. The summed E-state index contributed by atoms with van der Waals surface area (Å²) in [5.41, 5.74) is 2.03. The molecule has 0 radical (unpaired) electrons. The highest BCUT2D eigenvalue weighted by Gasteiger charge is 2.37. The summed E-state index contributed by atoms with van der Waals surface area (Å²) in [7, 11) is -8.96. The number of non-ortho nitro benzene ring substituents is 1. The third-order valence-corrected chi connectivity index (χ3v) is 9.22. The van der Waals surface area contributed by atoms with Gasteiger partial charge in [0.05, 0.1) is 21.3 Å². The molecule has 0 bridgehead atoms. The molecule has 8 nitrogen and oxygen atoms in total. The van der Waals surface area contributed by atoms with Crippen LogP contribution >= 0.6 is 0 Å². The summed E-state index contributed by atoms with van der Waals surface area (Å²) in [5, 5.41) is 10.9. The molecule has 0 saturated carbocycles. The Morgan fingerprint density at radius 2 is 1.18 bits per heavy atom. The van der Waals surface area contributed by atoms with Crippen LogP contribution in [0.1, 0.15) is 16.7 Å². The lowest BCUT2D eigenvalue weighted by atomic mass is 10.1. The molecule has 0 N–H and O–H groups in total. The average Bonchev–Trinajstić information content (AvgIpc) is 2.77. The van der Waals surface area contributed by atoms with Crippen molar-refractivity contribution in [1.82, 2.24) is 3.71 Å². The molecule has 0 unspecified atom stereocenters. The zero-order valence-electron chi connectivity index (χ0n) is 18.0. The molecule has 3 aromatic rings. The van der Waals surface area contributed by atoms with Gasteiger partial charge in [0, 0.05) is 12.1 Å². The van der Waals surface area contributed by atoms with Gasteiger partial charge in [-0.25, -0.2) is 16.8 Å². The van der Waals surface area contributed by atoms with Gasteiger partial charge in [0.1, 0.15) is 0 Å². The van der Waals surface area contributed by atoms with E-state index in [9.17, 15) is 26.9 Å². The van der Waals surface area contributed by atoms with E-state index < -0.39 is 31.5 Å². The molecule has 0 spiro atoms. The molecule has 0 aromatic heterocycles.